The Bertz CT molecular complexity index is 1370. The van der Waals surface area contributed by atoms with Crippen molar-refractivity contribution in [3.63, 3.8) is 0 Å². The molecule has 1 aliphatic carbocycles. The molecule has 2 aliphatic rings. The van der Waals surface area contributed by atoms with E-state index in [-0.39, 0.29) is 24.0 Å². The molecule has 0 unspecified atom stereocenters. The third-order valence-corrected chi connectivity index (χ3v) is 8.38. The number of rotatable bonds is 5. The van der Waals surface area contributed by atoms with Gasteiger partial charge in [-0.2, -0.15) is 18.3 Å². The van der Waals surface area contributed by atoms with Crippen LogP contribution in [0.25, 0.3) is 0 Å². The van der Waals surface area contributed by atoms with E-state index >= 15 is 0 Å². The largest absolute Gasteiger partial charge is 0.459 e. The quantitative estimate of drug-likeness (QED) is 0.302. The molecule has 1 aliphatic heterocycles. The number of hydrogen-bond acceptors (Lipinski definition) is 6. The number of ether oxygens (including phenoxy) is 1. The molecule has 12 heteroatoms. The summed E-state index contributed by atoms with van der Waals surface area (Å²) in [6.07, 6.45) is -1.76. The van der Waals surface area contributed by atoms with E-state index in [9.17, 15) is 22.8 Å². The number of nitrogens with one attached hydrogen (secondary N) is 2. The van der Waals surface area contributed by atoms with Crippen molar-refractivity contribution in [1.82, 2.24) is 9.78 Å². The molecule has 5 rings (SSSR count). The number of thiophene rings is 1. The molecule has 0 fully saturated rings. The Morgan fingerprint density at radius 3 is 2.61 bits per heavy atom. The van der Waals surface area contributed by atoms with Crippen LogP contribution in [0, 0.1) is 0 Å². The minimum Gasteiger partial charge on any atom is -0.459 e. The number of benzene rings is 1. The first-order chi connectivity index (χ1) is 18.0. The van der Waals surface area contributed by atoms with Gasteiger partial charge in [0.05, 0.1) is 17.7 Å². The maximum absolute atomic E-state index is 14.1. The lowest BCUT2D eigenvalue weighted by molar-refractivity contribution is -0.173. The molecule has 202 valence electrons. The summed E-state index contributed by atoms with van der Waals surface area (Å²) in [5, 5.41) is 10.2. The van der Waals surface area contributed by atoms with Gasteiger partial charge in [0.25, 0.3) is 5.91 Å². The average molecular weight is 611 g/mol. The number of carbonyl (C=O) groups is 2. The Balaban J connectivity index is 1.45. The second-order valence-electron chi connectivity index (χ2n) is 9.72. The fraction of sp³-hybridized carbons (Fsp3) is 0.423. The zero-order valence-corrected chi connectivity index (χ0v) is 23.1. The predicted octanol–water partition coefficient (Wildman–Crippen LogP) is 7.06. The number of anilines is 2. The van der Waals surface area contributed by atoms with Crippen LogP contribution < -0.4 is 10.6 Å². The number of hydrogen-bond donors (Lipinski definition) is 2. The summed E-state index contributed by atoms with van der Waals surface area (Å²) in [5.41, 5.74) is 1.73. The maximum atomic E-state index is 14.1. The smallest absolute Gasteiger partial charge is 0.410 e. The molecule has 3 aromatic rings. The monoisotopic (exact) mass is 610 g/mol. The highest BCUT2D eigenvalue weighted by atomic mass is 79.9. The fourth-order valence-electron chi connectivity index (χ4n) is 4.91. The van der Waals surface area contributed by atoms with Crippen molar-refractivity contribution >= 4 is 50.0 Å². The standard InChI is InChI=1S/C26H26BrF3N4O3S/c1-13(2)37-25(36)22-16-5-3-4-6-19(16)38-24(22)32-23(35)18-12-21-31-17(14-7-9-15(27)10-8-14)11-20(26(28,29)30)34(21)33-18/h7-10,12-13,17,20,31H,3-6,11H2,1-2H3,(H,32,35)/t17-,20-/m0/s1. The molecule has 0 radical (unpaired) electrons. The van der Waals surface area contributed by atoms with Gasteiger partial charge in [0.1, 0.15) is 10.8 Å². The van der Waals surface area contributed by atoms with E-state index in [4.69, 9.17) is 4.74 Å². The molecule has 0 spiro atoms. The Kier molecular flexibility index (Phi) is 7.29. The predicted molar refractivity (Wildman–Crippen MR) is 142 cm³/mol. The Labute approximate surface area is 229 Å². The number of aromatic nitrogens is 2. The SMILES string of the molecule is CC(C)OC(=O)c1c(NC(=O)c2cc3n(n2)[C@H](C(F)(F)F)C[C@@H](c2ccc(Br)cc2)N3)sc2c1CCCC2. The van der Waals surface area contributed by atoms with Crippen LogP contribution in [0.4, 0.5) is 24.0 Å². The molecule has 7 nitrogen and oxygen atoms in total. The molecule has 2 aromatic heterocycles. The highest BCUT2D eigenvalue weighted by Crippen LogP contribution is 2.44. The Hall–Kier alpha value is -2.86. The first-order valence-corrected chi connectivity index (χ1v) is 14.0. The number of esters is 1. The van der Waals surface area contributed by atoms with E-state index < -0.39 is 30.1 Å². The second-order valence-corrected chi connectivity index (χ2v) is 11.7. The minimum atomic E-state index is -4.56. The van der Waals surface area contributed by atoms with Crippen LogP contribution in [0.1, 0.15) is 82.0 Å². The molecule has 38 heavy (non-hydrogen) atoms. The second kappa shape index (κ2) is 10.4. The summed E-state index contributed by atoms with van der Waals surface area (Å²) in [6, 6.07) is 5.85. The van der Waals surface area contributed by atoms with Gasteiger partial charge in [-0.15, -0.1) is 11.3 Å². The van der Waals surface area contributed by atoms with Crippen LogP contribution in [0.5, 0.6) is 0 Å². The lowest BCUT2D eigenvalue weighted by Crippen LogP contribution is -2.35. The molecule has 0 saturated carbocycles. The fourth-order valence-corrected chi connectivity index (χ4v) is 6.44. The van der Waals surface area contributed by atoms with Gasteiger partial charge in [-0.1, -0.05) is 28.1 Å². The summed E-state index contributed by atoms with van der Waals surface area (Å²) < 4.78 is 49.3. The number of carbonyl (C=O) groups excluding carboxylic acids is 2. The molecule has 2 atom stereocenters. The van der Waals surface area contributed by atoms with Crippen LogP contribution in [0.3, 0.4) is 0 Å². The number of nitrogens with zero attached hydrogens (tertiary/aromatic N) is 2. The van der Waals surface area contributed by atoms with Gasteiger partial charge in [-0.05, 0) is 62.8 Å². The van der Waals surface area contributed by atoms with Gasteiger partial charge in [0, 0.05) is 21.8 Å². The lowest BCUT2D eigenvalue weighted by atomic mass is 9.95. The van der Waals surface area contributed by atoms with E-state index in [1.165, 1.54) is 17.4 Å². The van der Waals surface area contributed by atoms with Crippen LogP contribution in [-0.4, -0.2) is 33.9 Å². The van der Waals surface area contributed by atoms with E-state index in [1.54, 1.807) is 38.1 Å². The summed E-state index contributed by atoms with van der Waals surface area (Å²) in [5.74, 6) is -1.11. The Morgan fingerprint density at radius 1 is 1.21 bits per heavy atom. The number of halogens is 4. The van der Waals surface area contributed by atoms with Crippen LogP contribution in [0.15, 0.2) is 34.8 Å². The van der Waals surface area contributed by atoms with Gasteiger partial charge >= 0.3 is 12.1 Å². The minimum absolute atomic E-state index is 0.0987. The third kappa shape index (κ3) is 5.33. The topological polar surface area (TPSA) is 85.2 Å². The first kappa shape index (κ1) is 26.7. The zero-order chi connectivity index (χ0) is 27.2. The molecule has 0 saturated heterocycles. The lowest BCUT2D eigenvalue weighted by Gasteiger charge is -2.33. The summed E-state index contributed by atoms with van der Waals surface area (Å²) >= 11 is 4.65. The molecule has 3 heterocycles. The molecule has 1 amide bonds. The van der Waals surface area contributed by atoms with E-state index in [0.29, 0.717) is 22.5 Å². The van der Waals surface area contributed by atoms with Gasteiger partial charge in [-0.25, -0.2) is 9.48 Å². The van der Waals surface area contributed by atoms with Crippen molar-refractivity contribution in [2.45, 2.75) is 70.3 Å². The zero-order valence-electron chi connectivity index (χ0n) is 20.7. The normalized spacial score (nSPS) is 18.9. The number of fused-ring (bicyclic) bond motifs is 2. The number of amides is 1. The molecular weight excluding hydrogens is 585 g/mol. The Morgan fingerprint density at radius 2 is 1.92 bits per heavy atom. The number of alkyl halides is 3. The first-order valence-electron chi connectivity index (χ1n) is 12.4. The summed E-state index contributed by atoms with van der Waals surface area (Å²) in [4.78, 5) is 27.2. The third-order valence-electron chi connectivity index (χ3n) is 6.64. The van der Waals surface area contributed by atoms with Crippen LogP contribution in [-0.2, 0) is 17.6 Å². The average Bonchev–Trinajstić information content (AvgIpc) is 3.44. The van der Waals surface area contributed by atoms with Crippen LogP contribution in [0.2, 0.25) is 0 Å². The van der Waals surface area contributed by atoms with Crippen molar-refractivity contribution in [3.8, 4) is 0 Å². The van der Waals surface area contributed by atoms with E-state index in [2.05, 4.69) is 31.7 Å². The maximum Gasteiger partial charge on any atom is 0.410 e. The summed E-state index contributed by atoms with van der Waals surface area (Å²) in [6.45, 7) is 3.49. The molecule has 0 bridgehead atoms. The number of aryl methyl sites for hydroxylation is 1. The highest BCUT2D eigenvalue weighted by Gasteiger charge is 2.47. The van der Waals surface area contributed by atoms with Gasteiger partial charge < -0.3 is 15.4 Å². The summed E-state index contributed by atoms with van der Waals surface area (Å²) in [7, 11) is 0. The van der Waals surface area contributed by atoms with Crippen LogP contribution >= 0.6 is 27.3 Å². The molecule has 2 N–H and O–H groups in total. The highest BCUT2D eigenvalue weighted by molar-refractivity contribution is 9.10. The van der Waals surface area contributed by atoms with E-state index in [1.807, 2.05) is 0 Å². The van der Waals surface area contributed by atoms with Gasteiger partial charge in [0.2, 0.25) is 0 Å². The van der Waals surface area contributed by atoms with Crippen molar-refractivity contribution in [1.29, 1.82) is 0 Å². The van der Waals surface area contributed by atoms with Crippen molar-refractivity contribution in [2.24, 2.45) is 0 Å². The van der Waals surface area contributed by atoms with Gasteiger partial charge in [0.15, 0.2) is 11.7 Å². The molecule has 1 aromatic carbocycles. The molecular formula is C26H26BrF3N4O3S. The van der Waals surface area contributed by atoms with Crippen molar-refractivity contribution < 1.29 is 27.5 Å². The van der Waals surface area contributed by atoms with Crippen molar-refractivity contribution in [2.75, 3.05) is 10.6 Å². The van der Waals surface area contributed by atoms with E-state index in [0.717, 1.165) is 38.9 Å². The van der Waals surface area contributed by atoms with Crippen molar-refractivity contribution in [3.05, 3.63) is 62.1 Å². The van der Waals surface area contributed by atoms with Gasteiger partial charge in [-0.3, -0.25) is 4.79 Å².